The van der Waals surface area contributed by atoms with Gasteiger partial charge in [0.15, 0.2) is 5.76 Å². The maximum absolute atomic E-state index is 12.5. The fraction of sp³-hybridized carbons (Fsp3) is 0.267. The predicted octanol–water partition coefficient (Wildman–Crippen LogP) is 1.02. The summed E-state index contributed by atoms with van der Waals surface area (Å²) in [7, 11) is -2.27. The van der Waals surface area contributed by atoms with E-state index < -0.39 is 10.0 Å². The minimum atomic E-state index is -3.80. The van der Waals surface area contributed by atoms with Gasteiger partial charge in [0.1, 0.15) is 10.6 Å². The zero-order chi connectivity index (χ0) is 17.5. The van der Waals surface area contributed by atoms with Crippen LogP contribution in [0, 0.1) is 13.8 Å². The van der Waals surface area contributed by atoms with Crippen molar-refractivity contribution in [1.82, 2.24) is 19.7 Å². The average molecular weight is 348 g/mol. The van der Waals surface area contributed by atoms with E-state index in [-0.39, 0.29) is 22.8 Å². The summed E-state index contributed by atoms with van der Waals surface area (Å²) >= 11 is 0. The van der Waals surface area contributed by atoms with Crippen molar-refractivity contribution >= 4 is 20.8 Å². The van der Waals surface area contributed by atoms with Crippen LogP contribution in [0.4, 0.5) is 0 Å². The third-order valence-corrected chi connectivity index (χ3v) is 5.34. The fourth-order valence-electron chi connectivity index (χ4n) is 2.60. The molecule has 0 amide bonds. The van der Waals surface area contributed by atoms with Gasteiger partial charge in [0, 0.05) is 12.4 Å². The number of fused-ring (bicyclic) bond motifs is 1. The first-order valence-electron chi connectivity index (χ1n) is 7.18. The van der Waals surface area contributed by atoms with Gasteiger partial charge in [-0.05, 0) is 19.9 Å². The molecule has 2 heterocycles. The van der Waals surface area contributed by atoms with Gasteiger partial charge in [0.05, 0.1) is 17.6 Å². The molecule has 8 nitrogen and oxygen atoms in total. The van der Waals surface area contributed by atoms with E-state index in [4.69, 9.17) is 4.52 Å². The van der Waals surface area contributed by atoms with Crippen LogP contribution in [0.1, 0.15) is 17.1 Å². The van der Waals surface area contributed by atoms with Crippen molar-refractivity contribution in [1.29, 1.82) is 0 Å². The van der Waals surface area contributed by atoms with Gasteiger partial charge >= 0.3 is 0 Å². The summed E-state index contributed by atoms with van der Waals surface area (Å²) in [6.45, 7) is 3.04. The minimum absolute atomic E-state index is 0.0247. The Labute approximate surface area is 138 Å². The summed E-state index contributed by atoms with van der Waals surface area (Å²) in [4.78, 5) is 12.1. The molecule has 0 saturated carbocycles. The lowest BCUT2D eigenvalue weighted by molar-refractivity contribution is 0.390. The van der Waals surface area contributed by atoms with E-state index in [1.54, 1.807) is 31.2 Å². The van der Waals surface area contributed by atoms with Gasteiger partial charge in [0.25, 0.3) is 5.56 Å². The fourth-order valence-corrected chi connectivity index (χ4v) is 3.91. The van der Waals surface area contributed by atoms with Gasteiger partial charge in [-0.2, -0.15) is 5.10 Å². The van der Waals surface area contributed by atoms with E-state index in [1.807, 2.05) is 0 Å². The van der Waals surface area contributed by atoms with Crippen LogP contribution in [0.2, 0.25) is 0 Å². The van der Waals surface area contributed by atoms with Gasteiger partial charge in [-0.1, -0.05) is 23.4 Å². The highest BCUT2D eigenvalue weighted by atomic mass is 32.2. The Morgan fingerprint density at radius 2 is 1.88 bits per heavy atom. The van der Waals surface area contributed by atoms with E-state index in [0.717, 1.165) is 0 Å². The van der Waals surface area contributed by atoms with Gasteiger partial charge in [-0.15, -0.1) is 0 Å². The summed E-state index contributed by atoms with van der Waals surface area (Å²) in [6, 6.07) is 6.95. The predicted molar refractivity (Wildman–Crippen MR) is 87.0 cm³/mol. The normalized spacial score (nSPS) is 12.0. The smallest absolute Gasteiger partial charge is 0.274 e. The lowest BCUT2D eigenvalue weighted by atomic mass is 10.1. The van der Waals surface area contributed by atoms with Crippen LogP contribution in [0.5, 0.6) is 0 Å². The standard InChI is InChI=1S/C15H16N4O4S/c1-9-14(10(2)23-18-9)24(21,22)16-8-13-11-6-4-5-7-12(11)15(20)19(3)17-13/h4-7,16H,8H2,1-3H3. The summed E-state index contributed by atoms with van der Waals surface area (Å²) in [5.41, 5.74) is 0.518. The second kappa shape index (κ2) is 5.84. The van der Waals surface area contributed by atoms with Crippen LogP contribution in [0.3, 0.4) is 0 Å². The minimum Gasteiger partial charge on any atom is -0.360 e. The van der Waals surface area contributed by atoms with Crippen LogP contribution >= 0.6 is 0 Å². The lowest BCUT2D eigenvalue weighted by Gasteiger charge is -2.09. The van der Waals surface area contributed by atoms with Crippen LogP contribution < -0.4 is 10.3 Å². The molecule has 0 aliphatic rings. The quantitative estimate of drug-likeness (QED) is 0.754. The molecule has 1 N–H and O–H groups in total. The monoisotopic (exact) mass is 348 g/mol. The number of rotatable bonds is 4. The van der Waals surface area contributed by atoms with Crippen molar-refractivity contribution in [2.45, 2.75) is 25.3 Å². The van der Waals surface area contributed by atoms with Crippen molar-refractivity contribution < 1.29 is 12.9 Å². The molecule has 0 saturated heterocycles. The highest BCUT2D eigenvalue weighted by Gasteiger charge is 2.24. The summed E-state index contributed by atoms with van der Waals surface area (Å²) in [6.07, 6.45) is 0. The Balaban J connectivity index is 2.00. The zero-order valence-corrected chi connectivity index (χ0v) is 14.2. The van der Waals surface area contributed by atoms with Crippen LogP contribution in [0.25, 0.3) is 10.8 Å². The third kappa shape index (κ3) is 2.72. The van der Waals surface area contributed by atoms with Gasteiger partial charge in [-0.3, -0.25) is 4.79 Å². The SMILES string of the molecule is Cc1noc(C)c1S(=O)(=O)NCc1nn(C)c(=O)c2ccccc12. The number of hydrogen-bond acceptors (Lipinski definition) is 6. The number of aryl methyl sites for hydroxylation is 3. The number of benzene rings is 1. The molecule has 0 aliphatic carbocycles. The maximum Gasteiger partial charge on any atom is 0.274 e. The van der Waals surface area contributed by atoms with Gasteiger partial charge < -0.3 is 4.52 Å². The molecule has 1 aromatic carbocycles. The molecule has 24 heavy (non-hydrogen) atoms. The second-order valence-corrected chi connectivity index (χ2v) is 7.10. The van der Waals surface area contributed by atoms with Gasteiger partial charge in [-0.25, -0.2) is 17.8 Å². The topological polar surface area (TPSA) is 107 Å². The highest BCUT2D eigenvalue weighted by molar-refractivity contribution is 7.89. The molecular weight excluding hydrogens is 332 g/mol. The Kier molecular flexibility index (Phi) is 3.98. The zero-order valence-electron chi connectivity index (χ0n) is 13.4. The van der Waals surface area contributed by atoms with Crippen molar-refractivity contribution in [2.24, 2.45) is 7.05 Å². The number of hydrogen-bond donors (Lipinski definition) is 1. The van der Waals surface area contributed by atoms with Crippen molar-refractivity contribution in [3.05, 3.63) is 51.8 Å². The van der Waals surface area contributed by atoms with E-state index in [1.165, 1.54) is 18.7 Å². The maximum atomic E-state index is 12.5. The molecule has 0 spiro atoms. The number of nitrogens with one attached hydrogen (secondary N) is 1. The molecule has 2 aromatic heterocycles. The molecule has 0 unspecified atom stereocenters. The molecule has 0 atom stereocenters. The Bertz CT molecular complexity index is 1060. The Morgan fingerprint density at radius 3 is 2.50 bits per heavy atom. The van der Waals surface area contributed by atoms with Crippen LogP contribution in [-0.2, 0) is 23.6 Å². The van der Waals surface area contributed by atoms with Crippen molar-refractivity contribution in [2.75, 3.05) is 0 Å². The molecule has 0 fully saturated rings. The molecule has 0 aliphatic heterocycles. The molecule has 126 valence electrons. The number of sulfonamides is 1. The molecule has 3 rings (SSSR count). The first kappa shape index (κ1) is 16.3. The Hall–Kier alpha value is -2.52. The van der Waals surface area contributed by atoms with E-state index >= 15 is 0 Å². The van der Waals surface area contributed by atoms with Crippen LogP contribution in [0.15, 0.2) is 38.5 Å². The summed E-state index contributed by atoms with van der Waals surface area (Å²) in [5.74, 6) is 0.221. The first-order valence-corrected chi connectivity index (χ1v) is 8.67. The van der Waals surface area contributed by atoms with Crippen molar-refractivity contribution in [3.63, 3.8) is 0 Å². The van der Waals surface area contributed by atoms with E-state index in [0.29, 0.717) is 22.2 Å². The molecular formula is C15H16N4O4S. The van der Waals surface area contributed by atoms with Crippen molar-refractivity contribution in [3.8, 4) is 0 Å². The summed E-state index contributed by atoms with van der Waals surface area (Å²) < 4.78 is 33.6. The van der Waals surface area contributed by atoms with E-state index in [2.05, 4.69) is 15.0 Å². The second-order valence-electron chi connectivity index (χ2n) is 5.40. The van der Waals surface area contributed by atoms with Gasteiger partial charge in [0.2, 0.25) is 10.0 Å². The highest BCUT2D eigenvalue weighted by Crippen LogP contribution is 2.19. The number of nitrogens with zero attached hydrogens (tertiary/aromatic N) is 3. The Morgan fingerprint density at radius 1 is 1.21 bits per heavy atom. The van der Waals surface area contributed by atoms with E-state index in [9.17, 15) is 13.2 Å². The average Bonchev–Trinajstić information content (AvgIpc) is 2.89. The van der Waals surface area contributed by atoms with Crippen LogP contribution in [-0.4, -0.2) is 23.4 Å². The molecule has 0 bridgehead atoms. The lowest BCUT2D eigenvalue weighted by Crippen LogP contribution is -2.28. The third-order valence-electron chi connectivity index (χ3n) is 3.70. The first-order chi connectivity index (χ1) is 11.3. The number of aromatic nitrogens is 3. The summed E-state index contributed by atoms with van der Waals surface area (Å²) in [5, 5.41) is 8.93. The molecule has 3 aromatic rings. The molecule has 0 radical (unpaired) electrons. The largest absolute Gasteiger partial charge is 0.360 e. The molecule has 9 heteroatoms.